The minimum absolute atomic E-state index is 0.198. The summed E-state index contributed by atoms with van der Waals surface area (Å²) < 4.78 is 10.1. The van der Waals surface area contributed by atoms with Crippen molar-refractivity contribution in [1.82, 2.24) is 4.98 Å². The molecule has 0 aliphatic carbocycles. The van der Waals surface area contributed by atoms with Gasteiger partial charge in [0.05, 0.1) is 23.9 Å². The molecule has 62 valence electrons. The van der Waals surface area contributed by atoms with Gasteiger partial charge in [-0.15, -0.1) is 0 Å². The molecule has 0 fully saturated rings. The van der Waals surface area contributed by atoms with Crippen molar-refractivity contribution in [2.75, 3.05) is 6.79 Å². The molecular weight excluding hydrogens is 158 g/mol. The molecule has 12 heavy (non-hydrogen) atoms. The number of aliphatic hydroxyl groups excluding tert-OH is 1. The second-order valence-corrected chi connectivity index (χ2v) is 2.32. The van der Waals surface area contributed by atoms with Crippen molar-refractivity contribution in [1.29, 1.82) is 0 Å². The summed E-state index contributed by atoms with van der Waals surface area (Å²) in [5.41, 5.74) is 0. The van der Waals surface area contributed by atoms with Crippen LogP contribution >= 0.6 is 0 Å². The highest BCUT2D eigenvalue weighted by atomic mass is 16.7. The number of fused-ring (bicyclic) bond motifs is 1. The molecule has 0 spiro atoms. The van der Waals surface area contributed by atoms with Gasteiger partial charge < -0.3 is 14.6 Å². The van der Waals surface area contributed by atoms with Crippen molar-refractivity contribution >= 4 is 12.5 Å². The highest BCUT2D eigenvalue weighted by molar-refractivity contribution is 5.33. The molecule has 0 saturated carbocycles. The Balaban J connectivity index is 2.79. The lowest BCUT2D eigenvalue weighted by atomic mass is 10.3. The van der Waals surface area contributed by atoms with Crippen LogP contribution in [0.15, 0.2) is 12.4 Å². The fourth-order valence-electron chi connectivity index (χ4n) is 1.03. The van der Waals surface area contributed by atoms with Crippen LogP contribution in [0.5, 0.6) is 5.75 Å². The van der Waals surface area contributed by atoms with E-state index in [1.807, 2.05) is 0 Å². The molecule has 4 nitrogen and oxygen atoms in total. The molecule has 1 aliphatic rings. The summed E-state index contributed by atoms with van der Waals surface area (Å²) in [6, 6.07) is 0. The van der Waals surface area contributed by atoms with Gasteiger partial charge in [-0.05, 0) is 0 Å². The Morgan fingerprint density at radius 2 is 2.42 bits per heavy atom. The summed E-state index contributed by atoms with van der Waals surface area (Å²) in [5, 5.41) is 10.1. The van der Waals surface area contributed by atoms with Gasteiger partial charge in [-0.2, -0.15) is 0 Å². The van der Waals surface area contributed by atoms with E-state index in [1.54, 1.807) is 12.5 Å². The fraction of sp³-hybridized carbons (Fsp3) is 0.125. The summed E-state index contributed by atoms with van der Waals surface area (Å²) in [6.07, 6.45) is 5.64. The first-order chi connectivity index (χ1) is 5.92. The Bertz CT molecular complexity index is 399. The molecule has 0 amide bonds. The van der Waals surface area contributed by atoms with Crippen molar-refractivity contribution in [3.05, 3.63) is 22.8 Å². The first kappa shape index (κ1) is 6.97. The van der Waals surface area contributed by atoms with E-state index in [9.17, 15) is 0 Å². The zero-order valence-corrected chi connectivity index (χ0v) is 6.23. The van der Waals surface area contributed by atoms with Gasteiger partial charge in [0.2, 0.25) is 6.79 Å². The van der Waals surface area contributed by atoms with Gasteiger partial charge in [-0.1, -0.05) is 0 Å². The molecule has 1 aliphatic heterocycles. The van der Waals surface area contributed by atoms with Gasteiger partial charge in [-0.3, -0.25) is 4.98 Å². The average molecular weight is 165 g/mol. The molecular formula is C8H7NO3. The van der Waals surface area contributed by atoms with E-state index in [4.69, 9.17) is 14.6 Å². The Labute approximate surface area is 68.4 Å². The average Bonchev–Trinajstić information content (AvgIpc) is 2.17. The van der Waals surface area contributed by atoms with Crippen molar-refractivity contribution in [3.63, 3.8) is 0 Å². The predicted molar refractivity (Wildman–Crippen MR) is 41.6 cm³/mol. The smallest absolute Gasteiger partial charge is 0.230 e. The van der Waals surface area contributed by atoms with Crippen molar-refractivity contribution in [3.8, 4) is 5.75 Å². The second kappa shape index (κ2) is 2.73. The minimum atomic E-state index is 0.198. The van der Waals surface area contributed by atoms with Crippen LogP contribution in [0.3, 0.4) is 0 Å². The molecule has 1 aromatic rings. The largest absolute Gasteiger partial charge is 0.515 e. The molecule has 2 heterocycles. The summed E-state index contributed by atoms with van der Waals surface area (Å²) in [6.45, 7) is 0.198. The van der Waals surface area contributed by atoms with Crippen molar-refractivity contribution in [2.24, 2.45) is 0 Å². The Kier molecular flexibility index (Phi) is 1.59. The van der Waals surface area contributed by atoms with Crippen LogP contribution in [0, 0.1) is 0 Å². The lowest BCUT2D eigenvalue weighted by Gasteiger charge is -2.10. The molecule has 0 unspecified atom stereocenters. The SMILES string of the molecule is OC=c1cncc2c1=COCO2. The van der Waals surface area contributed by atoms with E-state index in [0.717, 1.165) is 11.5 Å². The van der Waals surface area contributed by atoms with E-state index in [-0.39, 0.29) is 6.79 Å². The monoisotopic (exact) mass is 165 g/mol. The van der Waals surface area contributed by atoms with Crippen LogP contribution in [0.1, 0.15) is 0 Å². The summed E-state index contributed by atoms with van der Waals surface area (Å²) in [5.74, 6) is 0.629. The third-order valence-electron chi connectivity index (χ3n) is 1.60. The standard InChI is InChI=1S/C8H7NO3/c10-3-6-1-9-2-8-7(6)4-11-5-12-8/h1-4,10H,5H2. The fourth-order valence-corrected chi connectivity index (χ4v) is 1.03. The van der Waals surface area contributed by atoms with Crippen LogP contribution in [0.4, 0.5) is 0 Å². The van der Waals surface area contributed by atoms with E-state index in [0.29, 0.717) is 11.0 Å². The highest BCUT2D eigenvalue weighted by Crippen LogP contribution is 2.01. The molecule has 1 aromatic heterocycles. The maximum atomic E-state index is 8.80. The molecule has 4 heteroatoms. The predicted octanol–water partition coefficient (Wildman–Crippen LogP) is -0.518. The van der Waals surface area contributed by atoms with E-state index >= 15 is 0 Å². The highest BCUT2D eigenvalue weighted by Gasteiger charge is 2.03. The first-order valence-corrected chi connectivity index (χ1v) is 3.45. The summed E-state index contributed by atoms with van der Waals surface area (Å²) in [4.78, 5) is 3.88. The van der Waals surface area contributed by atoms with E-state index < -0.39 is 0 Å². The van der Waals surface area contributed by atoms with E-state index in [1.165, 1.54) is 6.20 Å². The van der Waals surface area contributed by atoms with Gasteiger partial charge in [0, 0.05) is 11.4 Å². The number of hydrogen-bond acceptors (Lipinski definition) is 4. The van der Waals surface area contributed by atoms with Gasteiger partial charge in [0.15, 0.2) is 5.75 Å². The molecule has 2 rings (SSSR count). The molecule has 1 N–H and O–H groups in total. The second-order valence-electron chi connectivity index (χ2n) is 2.32. The quantitative estimate of drug-likeness (QED) is 0.562. The van der Waals surface area contributed by atoms with Crippen molar-refractivity contribution in [2.45, 2.75) is 0 Å². The number of ether oxygens (including phenoxy) is 2. The number of rotatable bonds is 0. The number of hydrogen-bond donors (Lipinski definition) is 1. The molecule has 0 bridgehead atoms. The van der Waals surface area contributed by atoms with Crippen LogP contribution < -0.4 is 15.2 Å². The zero-order valence-electron chi connectivity index (χ0n) is 6.23. The molecule has 0 saturated heterocycles. The third kappa shape index (κ3) is 0.972. The van der Waals surface area contributed by atoms with E-state index in [2.05, 4.69) is 4.98 Å². The van der Waals surface area contributed by atoms with Crippen LogP contribution in [-0.2, 0) is 4.74 Å². The lowest BCUT2D eigenvalue weighted by Crippen LogP contribution is -2.30. The number of aromatic nitrogens is 1. The zero-order chi connectivity index (χ0) is 8.39. The number of aliphatic hydroxyl groups is 1. The van der Waals surface area contributed by atoms with Gasteiger partial charge in [0.25, 0.3) is 0 Å². The maximum absolute atomic E-state index is 8.80. The third-order valence-corrected chi connectivity index (χ3v) is 1.60. The molecule has 0 radical (unpaired) electrons. The van der Waals surface area contributed by atoms with Gasteiger partial charge >= 0.3 is 0 Å². The normalized spacial score (nSPS) is 15.5. The van der Waals surface area contributed by atoms with Gasteiger partial charge in [0.1, 0.15) is 0 Å². The van der Waals surface area contributed by atoms with Crippen molar-refractivity contribution < 1.29 is 14.6 Å². The summed E-state index contributed by atoms with van der Waals surface area (Å²) in [7, 11) is 0. The molecule has 0 atom stereocenters. The number of nitrogens with zero attached hydrogens (tertiary/aromatic N) is 1. The van der Waals surface area contributed by atoms with Gasteiger partial charge in [-0.25, -0.2) is 0 Å². The van der Waals surface area contributed by atoms with Crippen LogP contribution in [-0.4, -0.2) is 16.9 Å². The Hall–Kier alpha value is -1.71. The Morgan fingerprint density at radius 3 is 3.25 bits per heavy atom. The molecule has 0 aromatic carbocycles. The Morgan fingerprint density at radius 1 is 1.50 bits per heavy atom. The minimum Gasteiger partial charge on any atom is -0.515 e. The maximum Gasteiger partial charge on any atom is 0.230 e. The van der Waals surface area contributed by atoms with Crippen LogP contribution in [0.2, 0.25) is 0 Å². The van der Waals surface area contributed by atoms with Crippen LogP contribution in [0.25, 0.3) is 12.5 Å². The first-order valence-electron chi connectivity index (χ1n) is 3.45. The summed E-state index contributed by atoms with van der Waals surface area (Å²) >= 11 is 0. The topological polar surface area (TPSA) is 51.6 Å². The lowest BCUT2D eigenvalue weighted by molar-refractivity contribution is 0.0904. The number of pyridine rings is 1.